The summed E-state index contributed by atoms with van der Waals surface area (Å²) < 4.78 is 10.6. The van der Waals surface area contributed by atoms with E-state index in [1.165, 1.54) is 0 Å². The van der Waals surface area contributed by atoms with Crippen molar-refractivity contribution < 1.29 is 19.1 Å². The molecular weight excluding hydrogens is 284 g/mol. The van der Waals surface area contributed by atoms with Crippen LogP contribution in [0.3, 0.4) is 0 Å². The third-order valence-corrected chi connectivity index (χ3v) is 3.88. The zero-order chi connectivity index (χ0) is 15.5. The Hall–Kier alpha value is -2.24. The Balaban J connectivity index is 1.52. The van der Waals surface area contributed by atoms with Crippen molar-refractivity contribution in [2.45, 2.75) is 25.9 Å². The molecule has 118 valence electrons. The molecule has 6 nitrogen and oxygen atoms in total. The van der Waals surface area contributed by atoms with E-state index in [2.05, 4.69) is 5.32 Å². The van der Waals surface area contributed by atoms with Gasteiger partial charge >= 0.3 is 6.09 Å². The average Bonchev–Trinajstić information content (AvgIpc) is 2.88. The lowest BCUT2D eigenvalue weighted by atomic mass is 10.1. The Kier molecular flexibility index (Phi) is 4.18. The first-order valence-electron chi connectivity index (χ1n) is 7.63. The maximum absolute atomic E-state index is 12.2. The van der Waals surface area contributed by atoms with Gasteiger partial charge in [-0.2, -0.15) is 0 Å². The lowest BCUT2D eigenvalue weighted by molar-refractivity contribution is 0.0719. The third kappa shape index (κ3) is 3.16. The minimum atomic E-state index is -0.302. The molecule has 1 N–H and O–H groups in total. The molecule has 1 saturated heterocycles. The van der Waals surface area contributed by atoms with E-state index in [1.807, 2.05) is 19.1 Å². The van der Waals surface area contributed by atoms with Crippen LogP contribution in [-0.4, -0.2) is 49.2 Å². The van der Waals surface area contributed by atoms with Gasteiger partial charge < -0.3 is 19.7 Å². The summed E-state index contributed by atoms with van der Waals surface area (Å²) in [7, 11) is 0. The Bertz CT molecular complexity index is 588. The molecule has 2 heterocycles. The van der Waals surface area contributed by atoms with Gasteiger partial charge in [-0.1, -0.05) is 0 Å². The molecule has 1 fully saturated rings. The second-order valence-electron chi connectivity index (χ2n) is 5.67. The molecule has 0 radical (unpaired) electrons. The van der Waals surface area contributed by atoms with E-state index in [0.29, 0.717) is 31.8 Å². The van der Waals surface area contributed by atoms with Crippen molar-refractivity contribution in [1.82, 2.24) is 10.2 Å². The Morgan fingerprint density at radius 1 is 1.45 bits per heavy atom. The third-order valence-electron chi connectivity index (χ3n) is 3.88. The molecule has 3 rings (SSSR count). The van der Waals surface area contributed by atoms with Crippen molar-refractivity contribution in [2.75, 3.05) is 26.2 Å². The number of carbonyl (C=O) groups is 2. The molecular formula is C16H20N2O4. The SMILES string of the molecule is CC1Cc2cc(C(=O)NCCN3CCCOC3=O)ccc2O1. The van der Waals surface area contributed by atoms with Crippen LogP contribution < -0.4 is 10.1 Å². The van der Waals surface area contributed by atoms with Crippen LogP contribution in [0.15, 0.2) is 18.2 Å². The standard InChI is InChI=1S/C16H20N2O4/c1-11-9-13-10-12(3-4-14(13)22-11)15(19)17-5-7-18-6-2-8-21-16(18)20/h3-4,10-11H,2,5-9H2,1H3,(H,17,19). The molecule has 1 aromatic rings. The van der Waals surface area contributed by atoms with Gasteiger partial charge in [0.15, 0.2) is 0 Å². The molecule has 1 atom stereocenters. The van der Waals surface area contributed by atoms with E-state index in [9.17, 15) is 9.59 Å². The number of ether oxygens (including phenoxy) is 2. The molecule has 22 heavy (non-hydrogen) atoms. The number of hydrogen-bond donors (Lipinski definition) is 1. The van der Waals surface area contributed by atoms with Gasteiger partial charge in [-0.15, -0.1) is 0 Å². The van der Waals surface area contributed by atoms with Crippen molar-refractivity contribution in [3.8, 4) is 5.75 Å². The van der Waals surface area contributed by atoms with Gasteiger partial charge in [0.25, 0.3) is 5.91 Å². The van der Waals surface area contributed by atoms with E-state index in [-0.39, 0.29) is 18.1 Å². The Morgan fingerprint density at radius 2 is 2.32 bits per heavy atom. The van der Waals surface area contributed by atoms with Crippen molar-refractivity contribution in [2.24, 2.45) is 0 Å². The van der Waals surface area contributed by atoms with Crippen LogP contribution in [0.1, 0.15) is 29.3 Å². The lowest BCUT2D eigenvalue weighted by Crippen LogP contribution is -2.42. The van der Waals surface area contributed by atoms with Crippen molar-refractivity contribution in [3.63, 3.8) is 0 Å². The molecule has 0 saturated carbocycles. The molecule has 1 unspecified atom stereocenters. The summed E-state index contributed by atoms with van der Waals surface area (Å²) in [4.78, 5) is 25.3. The summed E-state index contributed by atoms with van der Waals surface area (Å²) in [5, 5.41) is 2.84. The second kappa shape index (κ2) is 6.25. The predicted octanol–water partition coefficient (Wildman–Crippen LogP) is 1.58. The highest BCUT2D eigenvalue weighted by Crippen LogP contribution is 2.29. The van der Waals surface area contributed by atoms with E-state index >= 15 is 0 Å². The number of rotatable bonds is 4. The van der Waals surface area contributed by atoms with Crippen LogP contribution in [0.5, 0.6) is 5.75 Å². The lowest BCUT2D eigenvalue weighted by Gasteiger charge is -2.26. The Morgan fingerprint density at radius 3 is 3.14 bits per heavy atom. The fourth-order valence-corrected chi connectivity index (χ4v) is 2.77. The first-order chi connectivity index (χ1) is 10.6. The number of nitrogens with one attached hydrogen (secondary N) is 1. The number of hydrogen-bond acceptors (Lipinski definition) is 4. The molecule has 0 aromatic heterocycles. The number of carbonyl (C=O) groups excluding carboxylic acids is 2. The van der Waals surface area contributed by atoms with Gasteiger partial charge in [-0.05, 0) is 37.1 Å². The predicted molar refractivity (Wildman–Crippen MR) is 80.1 cm³/mol. The van der Waals surface area contributed by atoms with Crippen LogP contribution in [0.25, 0.3) is 0 Å². The van der Waals surface area contributed by atoms with Gasteiger partial charge in [-0.3, -0.25) is 4.79 Å². The van der Waals surface area contributed by atoms with Crippen LogP contribution >= 0.6 is 0 Å². The normalized spacial score (nSPS) is 20.1. The summed E-state index contributed by atoms with van der Waals surface area (Å²) in [5.74, 6) is 0.729. The minimum Gasteiger partial charge on any atom is -0.490 e. The maximum atomic E-state index is 12.2. The van der Waals surface area contributed by atoms with E-state index in [4.69, 9.17) is 9.47 Å². The van der Waals surface area contributed by atoms with Gasteiger partial charge in [0, 0.05) is 31.6 Å². The Labute approximate surface area is 129 Å². The smallest absolute Gasteiger partial charge is 0.409 e. The largest absolute Gasteiger partial charge is 0.490 e. The topological polar surface area (TPSA) is 67.9 Å². The van der Waals surface area contributed by atoms with E-state index in [0.717, 1.165) is 24.2 Å². The van der Waals surface area contributed by atoms with Gasteiger partial charge in [0.2, 0.25) is 0 Å². The highest BCUT2D eigenvalue weighted by molar-refractivity contribution is 5.94. The number of amides is 2. The molecule has 0 bridgehead atoms. The van der Waals surface area contributed by atoms with Crippen LogP contribution in [0.2, 0.25) is 0 Å². The van der Waals surface area contributed by atoms with Crippen molar-refractivity contribution >= 4 is 12.0 Å². The van der Waals surface area contributed by atoms with E-state index < -0.39 is 0 Å². The average molecular weight is 304 g/mol. The van der Waals surface area contributed by atoms with Crippen molar-refractivity contribution in [3.05, 3.63) is 29.3 Å². The highest BCUT2D eigenvalue weighted by atomic mass is 16.6. The quantitative estimate of drug-likeness (QED) is 0.917. The molecule has 6 heteroatoms. The zero-order valence-corrected chi connectivity index (χ0v) is 12.6. The summed E-state index contributed by atoms with van der Waals surface area (Å²) >= 11 is 0. The number of fused-ring (bicyclic) bond motifs is 1. The van der Waals surface area contributed by atoms with Crippen LogP contribution in [-0.2, 0) is 11.2 Å². The number of nitrogens with zero attached hydrogens (tertiary/aromatic N) is 1. The summed E-state index contributed by atoms with van der Waals surface area (Å²) in [6.07, 6.45) is 1.53. The number of benzene rings is 1. The van der Waals surface area contributed by atoms with Gasteiger partial charge in [0.05, 0.1) is 6.61 Å². The molecule has 2 amide bonds. The van der Waals surface area contributed by atoms with E-state index in [1.54, 1.807) is 11.0 Å². The monoisotopic (exact) mass is 304 g/mol. The molecule has 2 aliphatic rings. The molecule has 2 aliphatic heterocycles. The first-order valence-corrected chi connectivity index (χ1v) is 7.63. The summed E-state index contributed by atoms with van der Waals surface area (Å²) in [6.45, 7) is 4.06. The van der Waals surface area contributed by atoms with Gasteiger partial charge in [0.1, 0.15) is 11.9 Å². The molecule has 0 spiro atoms. The first kappa shape index (κ1) is 14.7. The van der Waals surface area contributed by atoms with Crippen molar-refractivity contribution in [1.29, 1.82) is 0 Å². The van der Waals surface area contributed by atoms with Gasteiger partial charge in [-0.25, -0.2) is 4.79 Å². The second-order valence-corrected chi connectivity index (χ2v) is 5.67. The number of cyclic esters (lactones) is 1. The fraction of sp³-hybridized carbons (Fsp3) is 0.500. The minimum absolute atomic E-state index is 0.132. The molecule has 0 aliphatic carbocycles. The highest BCUT2D eigenvalue weighted by Gasteiger charge is 2.21. The van der Waals surface area contributed by atoms with Crippen LogP contribution in [0.4, 0.5) is 4.79 Å². The fourth-order valence-electron chi connectivity index (χ4n) is 2.77. The zero-order valence-electron chi connectivity index (χ0n) is 12.6. The summed E-state index contributed by atoms with van der Waals surface area (Å²) in [5.41, 5.74) is 1.69. The summed E-state index contributed by atoms with van der Waals surface area (Å²) in [6, 6.07) is 5.49. The molecule has 1 aromatic carbocycles. The maximum Gasteiger partial charge on any atom is 0.409 e. The van der Waals surface area contributed by atoms with Crippen LogP contribution in [0, 0.1) is 0 Å².